The minimum atomic E-state index is -0.772. The van der Waals surface area contributed by atoms with Crippen molar-refractivity contribution < 1.29 is 14.4 Å². The minimum absolute atomic E-state index is 0.250. The van der Waals surface area contributed by atoms with E-state index in [1.165, 1.54) is 21.8 Å². The van der Waals surface area contributed by atoms with E-state index in [-0.39, 0.29) is 12.5 Å². The molecule has 1 saturated carbocycles. The number of amides is 4. The SMILES string of the molecule is Cc1ccc(-c2nc(NC(=O)CN3C(=O)N(C)C4(CCCCC4)C3=O)sc2C)cc1. The van der Waals surface area contributed by atoms with Crippen molar-refractivity contribution >= 4 is 34.3 Å². The Morgan fingerprint density at radius 2 is 1.80 bits per heavy atom. The molecule has 0 unspecified atom stereocenters. The van der Waals surface area contributed by atoms with Crippen molar-refractivity contribution in [1.29, 1.82) is 0 Å². The minimum Gasteiger partial charge on any atom is -0.313 e. The summed E-state index contributed by atoms with van der Waals surface area (Å²) in [6.07, 6.45) is 4.24. The largest absolute Gasteiger partial charge is 0.327 e. The van der Waals surface area contributed by atoms with Crippen LogP contribution in [0.5, 0.6) is 0 Å². The third kappa shape index (κ3) is 3.49. The zero-order valence-corrected chi connectivity index (χ0v) is 18.3. The van der Waals surface area contributed by atoms with Crippen LogP contribution in [0.3, 0.4) is 0 Å². The predicted octanol–water partition coefficient (Wildman–Crippen LogP) is 3.96. The lowest BCUT2D eigenvalue weighted by molar-refractivity contribution is -0.136. The van der Waals surface area contributed by atoms with Gasteiger partial charge < -0.3 is 10.2 Å². The van der Waals surface area contributed by atoms with Crippen molar-refractivity contribution in [1.82, 2.24) is 14.8 Å². The molecule has 2 heterocycles. The number of anilines is 1. The van der Waals surface area contributed by atoms with Gasteiger partial charge in [-0.1, -0.05) is 49.1 Å². The van der Waals surface area contributed by atoms with E-state index in [0.717, 1.165) is 40.3 Å². The van der Waals surface area contributed by atoms with Crippen LogP contribution in [-0.4, -0.2) is 51.8 Å². The quantitative estimate of drug-likeness (QED) is 0.750. The standard InChI is InChI=1S/C22H26N4O3S/c1-14-7-9-16(10-8-14)18-15(2)30-20(24-18)23-17(27)13-26-19(28)22(25(3)21(26)29)11-5-4-6-12-22/h7-10H,4-6,11-13H2,1-3H3,(H,23,24,27). The van der Waals surface area contributed by atoms with Crippen LogP contribution in [0.25, 0.3) is 11.3 Å². The van der Waals surface area contributed by atoms with Gasteiger partial charge in [0.05, 0.1) is 5.69 Å². The number of nitrogens with one attached hydrogen (secondary N) is 1. The predicted molar refractivity (Wildman–Crippen MR) is 116 cm³/mol. The summed E-state index contributed by atoms with van der Waals surface area (Å²) in [6, 6.07) is 7.66. The highest BCUT2D eigenvalue weighted by Crippen LogP contribution is 2.39. The number of aromatic nitrogens is 1. The lowest BCUT2D eigenvalue weighted by Crippen LogP contribution is -2.49. The highest BCUT2D eigenvalue weighted by atomic mass is 32.1. The molecule has 2 fully saturated rings. The van der Waals surface area contributed by atoms with Gasteiger partial charge in [-0.05, 0) is 26.7 Å². The van der Waals surface area contributed by atoms with E-state index in [0.29, 0.717) is 18.0 Å². The maximum atomic E-state index is 13.0. The monoisotopic (exact) mass is 426 g/mol. The molecule has 7 nitrogen and oxygen atoms in total. The van der Waals surface area contributed by atoms with Crippen molar-refractivity contribution in [2.45, 2.75) is 51.5 Å². The van der Waals surface area contributed by atoms with Gasteiger partial charge >= 0.3 is 6.03 Å². The number of nitrogens with zero attached hydrogens (tertiary/aromatic N) is 3. The lowest BCUT2D eigenvalue weighted by atomic mass is 9.81. The van der Waals surface area contributed by atoms with Crippen LogP contribution in [-0.2, 0) is 9.59 Å². The van der Waals surface area contributed by atoms with Crippen molar-refractivity contribution in [3.8, 4) is 11.3 Å². The van der Waals surface area contributed by atoms with E-state index < -0.39 is 17.5 Å². The summed E-state index contributed by atoms with van der Waals surface area (Å²) in [6.45, 7) is 3.69. The van der Waals surface area contributed by atoms with E-state index in [4.69, 9.17) is 0 Å². The molecule has 158 valence electrons. The Labute approximate surface area is 180 Å². The van der Waals surface area contributed by atoms with Crippen molar-refractivity contribution in [2.24, 2.45) is 0 Å². The average Bonchev–Trinajstić information content (AvgIpc) is 3.17. The molecule has 2 aromatic rings. The number of benzene rings is 1. The Balaban J connectivity index is 1.46. The van der Waals surface area contributed by atoms with Gasteiger partial charge in [-0.15, -0.1) is 11.3 Å². The molecule has 4 amide bonds. The summed E-state index contributed by atoms with van der Waals surface area (Å²) in [5, 5.41) is 3.23. The molecule has 1 saturated heterocycles. The highest BCUT2D eigenvalue weighted by Gasteiger charge is 2.55. The molecule has 1 spiro atoms. The van der Waals surface area contributed by atoms with Gasteiger partial charge in [-0.3, -0.25) is 14.5 Å². The van der Waals surface area contributed by atoms with Crippen LogP contribution < -0.4 is 5.32 Å². The fraction of sp³-hybridized carbons (Fsp3) is 0.455. The molecule has 8 heteroatoms. The van der Waals surface area contributed by atoms with Crippen molar-refractivity contribution in [3.63, 3.8) is 0 Å². The number of likely N-dealkylation sites (N-methyl/N-ethyl adjacent to an activating group) is 1. The summed E-state index contributed by atoms with van der Waals surface area (Å²) in [7, 11) is 1.67. The maximum absolute atomic E-state index is 13.0. The van der Waals surface area contributed by atoms with Crippen LogP contribution in [0.1, 0.15) is 42.5 Å². The van der Waals surface area contributed by atoms with Crippen LogP contribution in [0.2, 0.25) is 0 Å². The lowest BCUT2D eigenvalue weighted by Gasteiger charge is -2.35. The number of imide groups is 1. The number of hydrogen-bond donors (Lipinski definition) is 1. The second kappa shape index (κ2) is 7.83. The van der Waals surface area contributed by atoms with Gasteiger partial charge in [0.15, 0.2) is 5.13 Å². The maximum Gasteiger partial charge on any atom is 0.327 e. The van der Waals surface area contributed by atoms with E-state index in [1.807, 2.05) is 38.1 Å². The van der Waals surface area contributed by atoms with Gasteiger partial charge in [0.1, 0.15) is 12.1 Å². The summed E-state index contributed by atoms with van der Waals surface area (Å²) in [5.74, 6) is -0.664. The number of rotatable bonds is 4. The Kier molecular flexibility index (Phi) is 5.36. The van der Waals surface area contributed by atoms with Crippen LogP contribution >= 0.6 is 11.3 Å². The first kappa shape index (κ1) is 20.5. The molecular weight excluding hydrogens is 400 g/mol. The Bertz CT molecular complexity index is 992. The van der Waals surface area contributed by atoms with Crippen molar-refractivity contribution in [2.75, 3.05) is 18.9 Å². The molecule has 2 aliphatic rings. The van der Waals surface area contributed by atoms with Gasteiger partial charge in [0.25, 0.3) is 5.91 Å². The average molecular weight is 427 g/mol. The van der Waals surface area contributed by atoms with E-state index in [1.54, 1.807) is 7.05 Å². The summed E-state index contributed by atoms with van der Waals surface area (Å²) < 4.78 is 0. The Morgan fingerprint density at radius 1 is 1.13 bits per heavy atom. The molecule has 1 aliphatic carbocycles. The molecule has 0 radical (unpaired) electrons. The van der Waals surface area contributed by atoms with Gasteiger partial charge in [0.2, 0.25) is 5.91 Å². The second-order valence-corrected chi connectivity index (χ2v) is 9.37. The van der Waals surface area contributed by atoms with Crippen LogP contribution in [0, 0.1) is 13.8 Å². The normalized spacial score (nSPS) is 18.4. The first-order valence-electron chi connectivity index (χ1n) is 10.3. The molecule has 4 rings (SSSR count). The van der Waals surface area contributed by atoms with Crippen LogP contribution in [0.15, 0.2) is 24.3 Å². The van der Waals surface area contributed by atoms with Gasteiger partial charge in [-0.2, -0.15) is 0 Å². The zero-order valence-electron chi connectivity index (χ0n) is 17.5. The van der Waals surface area contributed by atoms with Gasteiger partial charge in [0, 0.05) is 17.5 Å². The first-order chi connectivity index (χ1) is 14.3. The van der Waals surface area contributed by atoms with Crippen LogP contribution in [0.4, 0.5) is 9.93 Å². The Hall–Kier alpha value is -2.74. The summed E-state index contributed by atoms with van der Waals surface area (Å²) in [5.41, 5.74) is 2.21. The van der Waals surface area contributed by atoms with Gasteiger partial charge in [-0.25, -0.2) is 9.78 Å². The molecule has 1 N–H and O–H groups in total. The number of urea groups is 1. The Morgan fingerprint density at radius 3 is 2.47 bits per heavy atom. The molecule has 0 atom stereocenters. The number of hydrogen-bond acceptors (Lipinski definition) is 5. The molecule has 0 bridgehead atoms. The third-order valence-electron chi connectivity index (χ3n) is 6.15. The topological polar surface area (TPSA) is 82.6 Å². The summed E-state index contributed by atoms with van der Waals surface area (Å²) >= 11 is 1.38. The first-order valence-corrected chi connectivity index (χ1v) is 11.1. The molecule has 1 aromatic carbocycles. The smallest absolute Gasteiger partial charge is 0.313 e. The third-order valence-corrected chi connectivity index (χ3v) is 7.04. The fourth-order valence-electron chi connectivity index (χ4n) is 4.40. The number of thiazole rings is 1. The number of carbonyl (C=O) groups is 3. The van der Waals surface area contributed by atoms with E-state index >= 15 is 0 Å². The molecule has 30 heavy (non-hydrogen) atoms. The zero-order chi connectivity index (χ0) is 21.5. The highest BCUT2D eigenvalue weighted by molar-refractivity contribution is 7.16. The summed E-state index contributed by atoms with van der Waals surface area (Å²) in [4.78, 5) is 46.5. The van der Waals surface area contributed by atoms with Crippen molar-refractivity contribution in [3.05, 3.63) is 34.7 Å². The second-order valence-electron chi connectivity index (χ2n) is 8.16. The number of aryl methyl sites for hydroxylation is 2. The van der Waals surface area contributed by atoms with E-state index in [2.05, 4.69) is 10.3 Å². The molecule has 1 aromatic heterocycles. The fourth-order valence-corrected chi connectivity index (χ4v) is 5.25. The molecule has 1 aliphatic heterocycles. The number of carbonyl (C=O) groups excluding carboxylic acids is 3. The van der Waals surface area contributed by atoms with E-state index in [9.17, 15) is 14.4 Å². The molecular formula is C22H26N4O3S.